The van der Waals surface area contributed by atoms with Crippen LogP contribution >= 0.6 is 0 Å². The number of nitrogens with zero attached hydrogens (tertiary/aromatic N) is 1. The van der Waals surface area contributed by atoms with Crippen LogP contribution in [0, 0.1) is 0 Å². The van der Waals surface area contributed by atoms with Gasteiger partial charge in [0.1, 0.15) is 5.75 Å². The number of rotatable bonds is 2. The normalized spacial score (nSPS) is 10.4. The molecule has 3 heteroatoms. The molecule has 0 spiro atoms. The second-order valence-electron chi connectivity index (χ2n) is 3.06. The summed E-state index contributed by atoms with van der Waals surface area (Å²) in [6.45, 7) is 0.452. The van der Waals surface area contributed by atoms with Gasteiger partial charge in [-0.15, -0.1) is 0 Å². The lowest BCUT2D eigenvalue weighted by Crippen LogP contribution is -1.99. The fourth-order valence-electron chi connectivity index (χ4n) is 1.47. The van der Waals surface area contributed by atoms with E-state index < -0.39 is 0 Å². The standard InChI is InChI=1S/C11H12N2O/c1-14-11-4-2-3-8-7-13-9(6-12)5-10(8)11/h2-5,7H,6,12H2,1H3. The monoisotopic (exact) mass is 188 g/mol. The van der Waals surface area contributed by atoms with Crippen molar-refractivity contribution in [3.8, 4) is 5.75 Å². The molecule has 0 aliphatic carbocycles. The molecule has 0 saturated heterocycles. The van der Waals surface area contributed by atoms with Crippen LogP contribution in [-0.4, -0.2) is 12.1 Å². The first kappa shape index (κ1) is 8.97. The SMILES string of the molecule is COc1cccc2cnc(CN)cc12. The molecule has 0 aliphatic rings. The second-order valence-corrected chi connectivity index (χ2v) is 3.06. The zero-order chi connectivity index (χ0) is 9.97. The first-order chi connectivity index (χ1) is 6.85. The summed E-state index contributed by atoms with van der Waals surface area (Å²) in [5.74, 6) is 0.861. The van der Waals surface area contributed by atoms with E-state index in [4.69, 9.17) is 10.5 Å². The van der Waals surface area contributed by atoms with Gasteiger partial charge in [0, 0.05) is 23.5 Å². The van der Waals surface area contributed by atoms with Crippen LogP contribution in [-0.2, 0) is 6.54 Å². The lowest BCUT2D eigenvalue weighted by atomic mass is 10.1. The van der Waals surface area contributed by atoms with E-state index in [-0.39, 0.29) is 0 Å². The first-order valence-electron chi connectivity index (χ1n) is 4.47. The summed E-state index contributed by atoms with van der Waals surface area (Å²) in [5, 5.41) is 2.13. The number of benzene rings is 1. The van der Waals surface area contributed by atoms with Crippen LogP contribution in [0.15, 0.2) is 30.5 Å². The fraction of sp³-hybridized carbons (Fsp3) is 0.182. The number of hydrogen-bond acceptors (Lipinski definition) is 3. The Morgan fingerprint density at radius 2 is 2.29 bits per heavy atom. The molecule has 0 amide bonds. The summed E-state index contributed by atoms with van der Waals surface area (Å²) in [5.41, 5.74) is 6.41. The molecule has 72 valence electrons. The molecule has 2 aromatic rings. The highest BCUT2D eigenvalue weighted by Crippen LogP contribution is 2.24. The Balaban J connectivity index is 2.70. The van der Waals surface area contributed by atoms with Crippen LogP contribution in [0.4, 0.5) is 0 Å². The summed E-state index contributed by atoms with van der Waals surface area (Å²) in [6, 6.07) is 7.85. The molecule has 0 radical (unpaired) electrons. The largest absolute Gasteiger partial charge is 0.496 e. The quantitative estimate of drug-likeness (QED) is 0.780. The van der Waals surface area contributed by atoms with Crippen molar-refractivity contribution in [2.75, 3.05) is 7.11 Å². The molecular weight excluding hydrogens is 176 g/mol. The third-order valence-electron chi connectivity index (χ3n) is 2.21. The maximum atomic E-state index is 5.53. The first-order valence-corrected chi connectivity index (χ1v) is 4.47. The van der Waals surface area contributed by atoms with Gasteiger partial charge in [0.2, 0.25) is 0 Å². The Kier molecular flexibility index (Phi) is 2.33. The van der Waals surface area contributed by atoms with Crippen LogP contribution in [0.3, 0.4) is 0 Å². The number of methoxy groups -OCH3 is 1. The van der Waals surface area contributed by atoms with Crippen molar-refractivity contribution in [2.45, 2.75) is 6.54 Å². The lowest BCUT2D eigenvalue weighted by Gasteiger charge is -2.05. The highest BCUT2D eigenvalue weighted by molar-refractivity contribution is 5.87. The van der Waals surface area contributed by atoms with E-state index in [1.807, 2.05) is 30.5 Å². The molecule has 2 N–H and O–H groups in total. The molecule has 14 heavy (non-hydrogen) atoms. The maximum absolute atomic E-state index is 5.53. The summed E-state index contributed by atoms with van der Waals surface area (Å²) >= 11 is 0. The molecule has 0 saturated carbocycles. The van der Waals surface area contributed by atoms with Gasteiger partial charge in [-0.05, 0) is 12.1 Å². The molecule has 1 aromatic heterocycles. The zero-order valence-electron chi connectivity index (χ0n) is 8.03. The van der Waals surface area contributed by atoms with Gasteiger partial charge in [-0.3, -0.25) is 4.98 Å². The van der Waals surface area contributed by atoms with Crippen molar-refractivity contribution in [1.82, 2.24) is 4.98 Å². The number of nitrogens with two attached hydrogens (primary N) is 1. The van der Waals surface area contributed by atoms with Crippen LogP contribution in [0.25, 0.3) is 10.8 Å². The average molecular weight is 188 g/mol. The van der Waals surface area contributed by atoms with E-state index in [2.05, 4.69) is 4.98 Å². The van der Waals surface area contributed by atoms with E-state index in [1.54, 1.807) is 7.11 Å². The summed E-state index contributed by atoms with van der Waals surface area (Å²) < 4.78 is 5.26. The molecule has 0 bridgehead atoms. The average Bonchev–Trinajstić information content (AvgIpc) is 2.27. The summed E-state index contributed by atoms with van der Waals surface area (Å²) in [6.07, 6.45) is 1.82. The van der Waals surface area contributed by atoms with Crippen LogP contribution in [0.1, 0.15) is 5.69 Å². The predicted octanol–water partition coefficient (Wildman–Crippen LogP) is 1.70. The van der Waals surface area contributed by atoms with Crippen molar-refractivity contribution in [2.24, 2.45) is 5.73 Å². The number of pyridine rings is 1. The minimum Gasteiger partial charge on any atom is -0.496 e. The molecule has 0 atom stereocenters. The highest BCUT2D eigenvalue weighted by atomic mass is 16.5. The molecule has 1 heterocycles. The summed E-state index contributed by atoms with van der Waals surface area (Å²) in [7, 11) is 1.66. The number of aromatic nitrogens is 1. The van der Waals surface area contributed by atoms with Crippen molar-refractivity contribution in [1.29, 1.82) is 0 Å². The van der Waals surface area contributed by atoms with E-state index in [0.717, 1.165) is 22.2 Å². The van der Waals surface area contributed by atoms with Gasteiger partial charge in [0.25, 0.3) is 0 Å². The Hall–Kier alpha value is -1.61. The Morgan fingerprint density at radius 3 is 3.00 bits per heavy atom. The van der Waals surface area contributed by atoms with E-state index in [9.17, 15) is 0 Å². The Morgan fingerprint density at radius 1 is 1.43 bits per heavy atom. The van der Waals surface area contributed by atoms with Crippen LogP contribution in [0.5, 0.6) is 5.75 Å². The van der Waals surface area contributed by atoms with Crippen molar-refractivity contribution in [3.63, 3.8) is 0 Å². The van der Waals surface area contributed by atoms with Crippen LogP contribution < -0.4 is 10.5 Å². The highest BCUT2D eigenvalue weighted by Gasteiger charge is 2.01. The molecule has 0 fully saturated rings. The molecule has 2 rings (SSSR count). The number of hydrogen-bond donors (Lipinski definition) is 1. The second kappa shape index (κ2) is 3.64. The molecule has 3 nitrogen and oxygen atoms in total. The van der Waals surface area contributed by atoms with Gasteiger partial charge in [-0.2, -0.15) is 0 Å². The van der Waals surface area contributed by atoms with Crippen molar-refractivity contribution < 1.29 is 4.74 Å². The number of fused-ring (bicyclic) bond motifs is 1. The Labute approximate surface area is 82.5 Å². The molecule has 0 unspecified atom stereocenters. The zero-order valence-corrected chi connectivity index (χ0v) is 8.03. The van der Waals surface area contributed by atoms with Gasteiger partial charge < -0.3 is 10.5 Å². The molecule has 0 aliphatic heterocycles. The van der Waals surface area contributed by atoms with Gasteiger partial charge in [0.15, 0.2) is 0 Å². The Bertz CT molecular complexity index is 454. The minimum atomic E-state index is 0.452. The number of ether oxygens (including phenoxy) is 1. The van der Waals surface area contributed by atoms with Gasteiger partial charge in [-0.25, -0.2) is 0 Å². The van der Waals surface area contributed by atoms with Gasteiger partial charge >= 0.3 is 0 Å². The fourth-order valence-corrected chi connectivity index (χ4v) is 1.47. The minimum absolute atomic E-state index is 0.452. The van der Waals surface area contributed by atoms with E-state index >= 15 is 0 Å². The topological polar surface area (TPSA) is 48.1 Å². The van der Waals surface area contributed by atoms with Gasteiger partial charge in [0.05, 0.1) is 12.8 Å². The van der Waals surface area contributed by atoms with Crippen LogP contribution in [0.2, 0.25) is 0 Å². The smallest absolute Gasteiger partial charge is 0.126 e. The predicted molar refractivity (Wildman–Crippen MR) is 56.2 cm³/mol. The lowest BCUT2D eigenvalue weighted by molar-refractivity contribution is 0.420. The van der Waals surface area contributed by atoms with Gasteiger partial charge in [-0.1, -0.05) is 12.1 Å². The maximum Gasteiger partial charge on any atom is 0.126 e. The summed E-state index contributed by atoms with van der Waals surface area (Å²) in [4.78, 5) is 4.22. The van der Waals surface area contributed by atoms with Crippen molar-refractivity contribution >= 4 is 10.8 Å². The van der Waals surface area contributed by atoms with E-state index in [0.29, 0.717) is 6.54 Å². The molecular formula is C11H12N2O. The third kappa shape index (κ3) is 1.42. The van der Waals surface area contributed by atoms with Crippen molar-refractivity contribution in [3.05, 3.63) is 36.2 Å². The van der Waals surface area contributed by atoms with E-state index in [1.165, 1.54) is 0 Å². The molecule has 1 aromatic carbocycles. The third-order valence-corrected chi connectivity index (χ3v) is 2.21.